The van der Waals surface area contributed by atoms with Gasteiger partial charge in [0.25, 0.3) is 0 Å². The summed E-state index contributed by atoms with van der Waals surface area (Å²) in [5.74, 6) is 2.44. The van der Waals surface area contributed by atoms with Gasteiger partial charge in [0.05, 0.1) is 20.8 Å². The van der Waals surface area contributed by atoms with E-state index in [0.717, 1.165) is 43.5 Å². The van der Waals surface area contributed by atoms with E-state index in [9.17, 15) is 0 Å². The minimum Gasteiger partial charge on any atom is -0.493 e. The molecule has 0 spiro atoms. The van der Waals surface area contributed by atoms with Gasteiger partial charge in [-0.25, -0.2) is 0 Å². The summed E-state index contributed by atoms with van der Waals surface area (Å²) >= 11 is 0. The van der Waals surface area contributed by atoms with Crippen LogP contribution in [-0.4, -0.2) is 48.5 Å². The molecule has 0 saturated heterocycles. The summed E-state index contributed by atoms with van der Waals surface area (Å²) in [6.45, 7) is 3.14. The Balaban J connectivity index is 0.00000289. The van der Waals surface area contributed by atoms with Gasteiger partial charge in [0.2, 0.25) is 0 Å². The molecule has 32 heavy (non-hydrogen) atoms. The molecule has 7 nitrogen and oxygen atoms in total. The Bertz CT molecular complexity index is 1050. The minimum atomic E-state index is 0. The maximum absolute atomic E-state index is 5.49. The number of aromatic nitrogens is 2. The first-order chi connectivity index (χ1) is 15.2. The Morgan fingerprint density at radius 1 is 1.06 bits per heavy atom. The third-order valence-electron chi connectivity index (χ3n) is 5.68. The fourth-order valence-electron chi connectivity index (χ4n) is 4.02. The lowest BCUT2D eigenvalue weighted by molar-refractivity contribution is 0.346. The van der Waals surface area contributed by atoms with Crippen LogP contribution in [0.1, 0.15) is 22.3 Å². The van der Waals surface area contributed by atoms with Gasteiger partial charge >= 0.3 is 0 Å². The summed E-state index contributed by atoms with van der Waals surface area (Å²) in [7, 11) is 5.18. The summed E-state index contributed by atoms with van der Waals surface area (Å²) in [4.78, 5) is 6.82. The molecule has 1 aliphatic heterocycles. The number of hydrogen-bond acceptors (Lipinski definition) is 4. The van der Waals surface area contributed by atoms with Gasteiger partial charge in [0.1, 0.15) is 0 Å². The number of rotatable bonds is 6. The van der Waals surface area contributed by atoms with Gasteiger partial charge in [-0.3, -0.25) is 9.67 Å². The van der Waals surface area contributed by atoms with Crippen molar-refractivity contribution in [3.05, 3.63) is 77.1 Å². The van der Waals surface area contributed by atoms with E-state index < -0.39 is 0 Å². The normalized spacial score (nSPS) is 13.2. The predicted octanol–water partition coefficient (Wildman–Crippen LogP) is 3.70. The van der Waals surface area contributed by atoms with Crippen LogP contribution >= 0.6 is 24.0 Å². The molecule has 170 valence electrons. The molecule has 2 heterocycles. The zero-order valence-electron chi connectivity index (χ0n) is 18.7. The van der Waals surface area contributed by atoms with Crippen LogP contribution in [0, 0.1) is 0 Å². The van der Waals surface area contributed by atoms with E-state index >= 15 is 0 Å². The topological polar surface area (TPSA) is 63.9 Å². The van der Waals surface area contributed by atoms with Crippen LogP contribution < -0.4 is 14.8 Å². The number of ether oxygens (including phenoxy) is 2. The zero-order valence-corrected chi connectivity index (χ0v) is 21.1. The standard InChI is InChI=1S/C24H29N5O2.HI/c1-25-24(26-15-19-7-4-5-8-20(19)17-29-11-6-10-27-29)28-12-9-18-13-22(30-2)23(31-3)14-21(18)16-28;/h4-8,10-11,13-14H,9,12,15-17H2,1-3H3,(H,25,26);1H. The molecule has 0 unspecified atom stereocenters. The lowest BCUT2D eigenvalue weighted by Gasteiger charge is -2.32. The molecular weight excluding hydrogens is 517 g/mol. The predicted molar refractivity (Wildman–Crippen MR) is 137 cm³/mol. The second-order valence-electron chi connectivity index (χ2n) is 7.52. The molecule has 3 aromatic rings. The SMILES string of the molecule is CN=C(NCc1ccccc1Cn1cccn1)N1CCc2cc(OC)c(OC)cc2C1.I. The molecule has 2 aromatic carbocycles. The Hall–Kier alpha value is -2.75. The van der Waals surface area contributed by atoms with Crippen LogP contribution in [0.3, 0.4) is 0 Å². The average molecular weight is 547 g/mol. The fraction of sp³-hybridized carbons (Fsp3) is 0.333. The molecule has 8 heteroatoms. The molecule has 0 bridgehead atoms. The van der Waals surface area contributed by atoms with Crippen molar-refractivity contribution in [3.63, 3.8) is 0 Å². The van der Waals surface area contributed by atoms with Crippen molar-refractivity contribution >= 4 is 29.9 Å². The van der Waals surface area contributed by atoms with E-state index in [-0.39, 0.29) is 24.0 Å². The smallest absolute Gasteiger partial charge is 0.194 e. The average Bonchev–Trinajstić information content (AvgIpc) is 3.32. The van der Waals surface area contributed by atoms with Gasteiger partial charge in [-0.05, 0) is 46.9 Å². The zero-order chi connectivity index (χ0) is 21.6. The molecule has 1 aromatic heterocycles. The Kier molecular flexibility index (Phi) is 8.38. The van der Waals surface area contributed by atoms with Crippen LogP contribution in [-0.2, 0) is 26.1 Å². The van der Waals surface area contributed by atoms with Gasteiger partial charge in [-0.2, -0.15) is 5.10 Å². The summed E-state index contributed by atoms with van der Waals surface area (Å²) in [5, 5.41) is 7.88. The largest absolute Gasteiger partial charge is 0.493 e. The summed E-state index contributed by atoms with van der Waals surface area (Å²) < 4.78 is 12.9. The number of nitrogens with zero attached hydrogens (tertiary/aromatic N) is 4. The molecule has 1 N–H and O–H groups in total. The highest BCUT2D eigenvalue weighted by atomic mass is 127. The number of aliphatic imine (C=N–C) groups is 1. The molecular formula is C24H30IN5O2. The van der Waals surface area contributed by atoms with Crippen molar-refractivity contribution in [2.75, 3.05) is 27.8 Å². The van der Waals surface area contributed by atoms with Crippen molar-refractivity contribution in [3.8, 4) is 11.5 Å². The van der Waals surface area contributed by atoms with Crippen molar-refractivity contribution < 1.29 is 9.47 Å². The first kappa shape index (κ1) is 23.9. The van der Waals surface area contributed by atoms with E-state index in [4.69, 9.17) is 9.47 Å². The number of nitrogens with one attached hydrogen (secondary N) is 1. The highest BCUT2D eigenvalue weighted by molar-refractivity contribution is 14.0. The number of fused-ring (bicyclic) bond motifs is 1. The molecule has 0 amide bonds. The highest BCUT2D eigenvalue weighted by Gasteiger charge is 2.21. The first-order valence-corrected chi connectivity index (χ1v) is 10.5. The summed E-state index contributed by atoms with van der Waals surface area (Å²) in [5.41, 5.74) is 5.03. The second kappa shape index (κ2) is 11.2. The first-order valence-electron chi connectivity index (χ1n) is 10.5. The number of benzene rings is 2. The number of hydrogen-bond donors (Lipinski definition) is 1. The lowest BCUT2D eigenvalue weighted by Crippen LogP contribution is -2.43. The van der Waals surface area contributed by atoms with Gasteiger partial charge in [-0.15, -0.1) is 24.0 Å². The van der Waals surface area contributed by atoms with Crippen LogP contribution in [0.4, 0.5) is 0 Å². The Morgan fingerprint density at radius 2 is 1.78 bits per heavy atom. The van der Waals surface area contributed by atoms with E-state index in [1.165, 1.54) is 22.3 Å². The van der Waals surface area contributed by atoms with Crippen LogP contribution in [0.5, 0.6) is 11.5 Å². The maximum atomic E-state index is 5.49. The van der Waals surface area contributed by atoms with Crippen LogP contribution in [0.15, 0.2) is 59.9 Å². The molecule has 0 radical (unpaired) electrons. The van der Waals surface area contributed by atoms with Gasteiger partial charge in [0.15, 0.2) is 17.5 Å². The van der Waals surface area contributed by atoms with E-state index in [1.54, 1.807) is 14.2 Å². The monoisotopic (exact) mass is 547 g/mol. The number of guanidine groups is 1. The molecule has 4 rings (SSSR count). The summed E-state index contributed by atoms with van der Waals surface area (Å²) in [6.07, 6.45) is 4.73. The molecule has 1 aliphatic rings. The molecule has 0 atom stereocenters. The highest BCUT2D eigenvalue weighted by Crippen LogP contribution is 2.33. The third-order valence-corrected chi connectivity index (χ3v) is 5.68. The Morgan fingerprint density at radius 3 is 2.44 bits per heavy atom. The van der Waals surface area contributed by atoms with Crippen molar-refractivity contribution in [1.29, 1.82) is 0 Å². The summed E-state index contributed by atoms with van der Waals surface area (Å²) in [6, 6.07) is 14.6. The molecule has 0 aliphatic carbocycles. The van der Waals surface area contributed by atoms with E-state index in [1.807, 2.05) is 30.2 Å². The van der Waals surface area contributed by atoms with Crippen molar-refractivity contribution in [2.45, 2.75) is 26.1 Å². The van der Waals surface area contributed by atoms with Gasteiger partial charge < -0.3 is 19.7 Å². The lowest BCUT2D eigenvalue weighted by atomic mass is 9.99. The fourth-order valence-corrected chi connectivity index (χ4v) is 4.02. The molecule has 0 saturated carbocycles. The minimum absolute atomic E-state index is 0. The third kappa shape index (κ3) is 5.35. The quantitative estimate of drug-likeness (QED) is 0.290. The molecule has 0 fully saturated rings. The van der Waals surface area contributed by atoms with Crippen molar-refractivity contribution in [2.24, 2.45) is 4.99 Å². The van der Waals surface area contributed by atoms with E-state index in [0.29, 0.717) is 6.54 Å². The number of methoxy groups -OCH3 is 2. The van der Waals surface area contributed by atoms with Gasteiger partial charge in [0, 0.05) is 39.1 Å². The second-order valence-corrected chi connectivity index (χ2v) is 7.52. The number of halogens is 1. The van der Waals surface area contributed by atoms with Crippen LogP contribution in [0.2, 0.25) is 0 Å². The van der Waals surface area contributed by atoms with Crippen LogP contribution in [0.25, 0.3) is 0 Å². The maximum Gasteiger partial charge on any atom is 0.194 e. The van der Waals surface area contributed by atoms with Crippen molar-refractivity contribution in [1.82, 2.24) is 20.0 Å². The van der Waals surface area contributed by atoms with Gasteiger partial charge in [-0.1, -0.05) is 24.3 Å². The van der Waals surface area contributed by atoms with E-state index in [2.05, 4.69) is 56.7 Å². The Labute approximate surface area is 206 Å².